The van der Waals surface area contributed by atoms with Crippen LogP contribution in [0.15, 0.2) is 0 Å². The molecule has 1 N–H and O–H groups in total. The van der Waals surface area contributed by atoms with E-state index in [0.29, 0.717) is 48.2 Å². The minimum absolute atomic E-state index is 0. The normalized spacial score (nSPS) is 41.7. The van der Waals surface area contributed by atoms with E-state index in [4.69, 9.17) is 14.2 Å². The quantitative estimate of drug-likeness (QED) is 0.0982. The summed E-state index contributed by atoms with van der Waals surface area (Å²) in [5.41, 5.74) is 0. The third kappa shape index (κ3) is 6.96. The van der Waals surface area contributed by atoms with Crippen LogP contribution < -0.4 is 0 Å². The molecule has 0 saturated heterocycles. The van der Waals surface area contributed by atoms with Crippen molar-refractivity contribution in [3.05, 3.63) is 0 Å². The first-order chi connectivity index (χ1) is 20.3. The summed E-state index contributed by atoms with van der Waals surface area (Å²) in [6, 6.07) is 0. The summed E-state index contributed by atoms with van der Waals surface area (Å²) >= 11 is 0. The smallest absolute Gasteiger partial charge is 0.312 e. The highest BCUT2D eigenvalue weighted by atomic mass is 16.7. The average Bonchev–Trinajstić information content (AvgIpc) is 3.81. The van der Waals surface area contributed by atoms with E-state index in [1.807, 2.05) is 0 Å². The van der Waals surface area contributed by atoms with Crippen LogP contribution in [0.3, 0.4) is 0 Å². The van der Waals surface area contributed by atoms with E-state index in [-0.39, 0.29) is 54.5 Å². The zero-order chi connectivity index (χ0) is 29.1. The summed E-state index contributed by atoms with van der Waals surface area (Å²) in [7, 11) is 0. The number of esters is 1. The Balaban J connectivity index is 0.00000144. The van der Waals surface area contributed by atoms with E-state index in [1.54, 1.807) is 6.92 Å². The maximum Gasteiger partial charge on any atom is 0.312 e. The number of hydrogen-bond donors (Lipinski definition) is 1. The highest BCUT2D eigenvalue weighted by Crippen LogP contribution is 2.72. The first-order valence-corrected chi connectivity index (χ1v) is 17.9. The van der Waals surface area contributed by atoms with Gasteiger partial charge in [0.2, 0.25) is 0 Å². The number of hydrogen-bond acceptors (Lipinski definition) is 5. The minimum atomic E-state index is -0.883. The van der Waals surface area contributed by atoms with E-state index >= 15 is 0 Å². The third-order valence-corrected chi connectivity index (χ3v) is 14.4. The number of carboxylic acid groups (broad SMARTS) is 1. The summed E-state index contributed by atoms with van der Waals surface area (Å²) in [5, 5.41) is 10.2. The van der Waals surface area contributed by atoms with Gasteiger partial charge in [0.05, 0.1) is 30.7 Å². The molecule has 15 unspecified atom stereocenters. The number of fused-ring (bicyclic) bond motifs is 11. The molecule has 268 valence electrons. The minimum Gasteiger partial charge on any atom is -0.481 e. The van der Waals surface area contributed by atoms with E-state index < -0.39 is 17.8 Å². The SMILES string of the molecule is C.C.C.C.CC(CC1C2CC(C1C(C(=O)OCOCC1C3CCC(C3)C1C)C(C)C(=O)O)C1C3CCC(C3)C21)OC1CCCCC1. The van der Waals surface area contributed by atoms with E-state index in [2.05, 4.69) is 13.8 Å². The average molecular weight is 649 g/mol. The molecule has 7 fully saturated rings. The highest BCUT2D eigenvalue weighted by molar-refractivity contribution is 5.81. The fourth-order valence-corrected chi connectivity index (χ4v) is 12.8. The van der Waals surface area contributed by atoms with Gasteiger partial charge in [-0.2, -0.15) is 0 Å². The number of rotatable bonds is 12. The second kappa shape index (κ2) is 16.0. The van der Waals surface area contributed by atoms with Crippen molar-refractivity contribution in [2.75, 3.05) is 13.4 Å². The summed E-state index contributed by atoms with van der Waals surface area (Å²) < 4.78 is 18.5. The van der Waals surface area contributed by atoms with Gasteiger partial charge < -0.3 is 19.3 Å². The Kier molecular flexibility index (Phi) is 13.7. The van der Waals surface area contributed by atoms with Gasteiger partial charge >= 0.3 is 11.9 Å². The lowest BCUT2D eigenvalue weighted by molar-refractivity contribution is -0.175. The zero-order valence-electron chi connectivity index (χ0n) is 26.3. The standard InChI is InChI=1S/C36H56O6.4CH4/c1-19(42-26-7-5-4-6-8-26)13-27-28-16-29(33-25-12-11-24(15-25)32(28)33)34(27)31(21(3)35(37)38)36(39)41-18-40-17-30-20(2)22-9-10-23(30)14-22;;;;/h19-34H,4-18H2,1-3H3,(H,37,38);4*1H4. The second-order valence-corrected chi connectivity index (χ2v) is 16.2. The lowest BCUT2D eigenvalue weighted by Gasteiger charge is -2.47. The number of ether oxygens (including phenoxy) is 3. The molecular formula is C40H72O6. The summed E-state index contributed by atoms with van der Waals surface area (Å²) in [4.78, 5) is 26.4. The molecule has 6 bridgehead atoms. The van der Waals surface area contributed by atoms with Gasteiger partial charge in [0.1, 0.15) is 0 Å². The van der Waals surface area contributed by atoms with Crippen LogP contribution in [0.5, 0.6) is 0 Å². The molecule has 7 saturated carbocycles. The van der Waals surface area contributed by atoms with Gasteiger partial charge in [-0.25, -0.2) is 0 Å². The zero-order valence-corrected chi connectivity index (χ0v) is 26.3. The van der Waals surface area contributed by atoms with Crippen LogP contribution in [0.4, 0.5) is 0 Å². The Labute approximate surface area is 282 Å². The predicted molar refractivity (Wildman–Crippen MR) is 186 cm³/mol. The van der Waals surface area contributed by atoms with Gasteiger partial charge in [-0.05, 0) is 142 Å². The van der Waals surface area contributed by atoms with Crippen LogP contribution in [0.2, 0.25) is 0 Å². The molecule has 7 rings (SSSR count). The molecule has 7 aliphatic carbocycles. The Morgan fingerprint density at radius 3 is 2.00 bits per heavy atom. The Morgan fingerprint density at radius 2 is 1.37 bits per heavy atom. The van der Waals surface area contributed by atoms with Crippen molar-refractivity contribution < 1.29 is 28.9 Å². The van der Waals surface area contributed by atoms with Gasteiger partial charge in [-0.3, -0.25) is 9.59 Å². The molecule has 0 radical (unpaired) electrons. The first-order valence-electron chi connectivity index (χ1n) is 17.9. The molecule has 7 aliphatic rings. The number of aliphatic carboxylic acids is 1. The molecule has 0 aromatic rings. The third-order valence-electron chi connectivity index (χ3n) is 14.4. The van der Waals surface area contributed by atoms with Gasteiger partial charge in [-0.1, -0.05) is 62.8 Å². The van der Waals surface area contributed by atoms with Crippen molar-refractivity contribution in [1.29, 1.82) is 0 Å². The maximum absolute atomic E-state index is 13.9. The first kappa shape index (κ1) is 39.3. The Hall–Kier alpha value is -1.14. The predicted octanol–water partition coefficient (Wildman–Crippen LogP) is 9.74. The van der Waals surface area contributed by atoms with Crippen LogP contribution >= 0.6 is 0 Å². The van der Waals surface area contributed by atoms with Crippen LogP contribution in [0.25, 0.3) is 0 Å². The summed E-state index contributed by atoms with van der Waals surface area (Å²) in [5.74, 6) is 4.75. The van der Waals surface area contributed by atoms with Crippen molar-refractivity contribution >= 4 is 11.9 Å². The van der Waals surface area contributed by atoms with Gasteiger partial charge in [-0.15, -0.1) is 0 Å². The van der Waals surface area contributed by atoms with Crippen molar-refractivity contribution in [3.8, 4) is 0 Å². The molecule has 46 heavy (non-hydrogen) atoms. The molecule has 0 spiro atoms. The van der Waals surface area contributed by atoms with Crippen LogP contribution in [0.1, 0.15) is 134 Å². The topological polar surface area (TPSA) is 82.1 Å². The van der Waals surface area contributed by atoms with E-state index in [9.17, 15) is 14.7 Å². The van der Waals surface area contributed by atoms with Gasteiger partial charge in [0.25, 0.3) is 0 Å². The van der Waals surface area contributed by atoms with Crippen LogP contribution in [0, 0.1) is 82.9 Å². The van der Waals surface area contributed by atoms with Gasteiger partial charge in [0, 0.05) is 0 Å². The number of carbonyl (C=O) groups excluding carboxylic acids is 1. The lowest BCUT2D eigenvalue weighted by atomic mass is 9.58. The van der Waals surface area contributed by atoms with Crippen molar-refractivity contribution in [3.63, 3.8) is 0 Å². The van der Waals surface area contributed by atoms with Crippen molar-refractivity contribution in [2.24, 2.45) is 82.9 Å². The summed E-state index contributed by atoms with van der Waals surface area (Å²) in [6.45, 7) is 6.93. The lowest BCUT2D eigenvalue weighted by Crippen LogP contribution is -2.47. The second-order valence-electron chi connectivity index (χ2n) is 16.2. The van der Waals surface area contributed by atoms with Crippen molar-refractivity contribution in [2.45, 2.75) is 146 Å². The highest BCUT2D eigenvalue weighted by Gasteiger charge is 2.67. The van der Waals surface area contributed by atoms with Crippen LogP contribution in [-0.2, 0) is 23.8 Å². The molecule has 0 aromatic heterocycles. The molecule has 6 heteroatoms. The maximum atomic E-state index is 13.9. The fraction of sp³-hybridized carbons (Fsp3) is 0.950. The van der Waals surface area contributed by atoms with Crippen LogP contribution in [-0.4, -0.2) is 42.7 Å². The Morgan fingerprint density at radius 1 is 0.761 bits per heavy atom. The van der Waals surface area contributed by atoms with E-state index in [1.165, 1.54) is 64.2 Å². The molecular weight excluding hydrogens is 576 g/mol. The molecule has 0 heterocycles. The van der Waals surface area contributed by atoms with Crippen molar-refractivity contribution in [1.82, 2.24) is 0 Å². The molecule has 0 aliphatic heterocycles. The fourth-order valence-electron chi connectivity index (χ4n) is 12.8. The molecule has 0 aromatic carbocycles. The van der Waals surface area contributed by atoms with E-state index in [0.717, 1.165) is 48.9 Å². The van der Waals surface area contributed by atoms with Gasteiger partial charge in [0.15, 0.2) is 6.79 Å². The largest absolute Gasteiger partial charge is 0.481 e. The molecule has 15 atom stereocenters. The number of carboxylic acids is 1. The monoisotopic (exact) mass is 649 g/mol. The number of carbonyl (C=O) groups is 2. The summed E-state index contributed by atoms with van der Waals surface area (Å²) in [6.07, 6.45) is 16.8. The molecule has 6 nitrogen and oxygen atoms in total. The molecule has 0 amide bonds. The Bertz CT molecular complexity index is 990.